The number of carbonyl (C=O) groups excluding carboxylic acids is 2. The van der Waals surface area contributed by atoms with E-state index in [-0.39, 0.29) is 31.0 Å². The van der Waals surface area contributed by atoms with Gasteiger partial charge in [-0.2, -0.15) is 0 Å². The lowest BCUT2D eigenvalue weighted by Crippen LogP contribution is -2.24. The molecule has 0 aliphatic carbocycles. The van der Waals surface area contributed by atoms with Gasteiger partial charge in [0.1, 0.15) is 5.75 Å². The van der Waals surface area contributed by atoms with E-state index in [9.17, 15) is 9.59 Å². The van der Waals surface area contributed by atoms with Crippen LogP contribution in [0.2, 0.25) is 5.02 Å². The summed E-state index contributed by atoms with van der Waals surface area (Å²) in [5.74, 6) is -0.0471. The van der Waals surface area contributed by atoms with Crippen LogP contribution in [0, 0.1) is 0 Å². The molecule has 0 aliphatic heterocycles. The zero-order chi connectivity index (χ0) is 20.7. The van der Waals surface area contributed by atoms with E-state index in [1.54, 1.807) is 24.3 Å². The van der Waals surface area contributed by atoms with Crippen LogP contribution in [0.25, 0.3) is 0 Å². The number of esters is 1. The first-order chi connectivity index (χ1) is 13.3. The number of ether oxygens (including phenoxy) is 2. The number of hydrogen-bond acceptors (Lipinski definition) is 4. The second-order valence-electron chi connectivity index (χ2n) is 7.08. The van der Waals surface area contributed by atoms with Crippen LogP contribution < -0.4 is 10.1 Å². The van der Waals surface area contributed by atoms with Crippen molar-refractivity contribution in [1.29, 1.82) is 0 Å². The van der Waals surface area contributed by atoms with Gasteiger partial charge in [0, 0.05) is 10.7 Å². The van der Waals surface area contributed by atoms with E-state index in [0.29, 0.717) is 10.8 Å². The monoisotopic (exact) mass is 403 g/mol. The number of rotatable bonds is 8. The minimum atomic E-state index is -0.628. The maximum absolute atomic E-state index is 12.3. The molecule has 0 aromatic heterocycles. The summed E-state index contributed by atoms with van der Waals surface area (Å²) in [5.41, 5.74) is 2.90. The lowest BCUT2D eigenvalue weighted by molar-refractivity contribution is -0.149. The molecule has 2 aromatic carbocycles. The Morgan fingerprint density at radius 2 is 1.57 bits per heavy atom. The zero-order valence-electron chi connectivity index (χ0n) is 16.6. The van der Waals surface area contributed by atoms with Crippen molar-refractivity contribution in [3.63, 3.8) is 0 Å². The second-order valence-corrected chi connectivity index (χ2v) is 7.51. The second kappa shape index (κ2) is 10.1. The van der Waals surface area contributed by atoms with E-state index in [2.05, 4.69) is 33.0 Å². The number of amides is 1. The van der Waals surface area contributed by atoms with E-state index in [1.807, 2.05) is 18.2 Å². The summed E-state index contributed by atoms with van der Waals surface area (Å²) in [6.07, 6.45) is 0. The number of benzene rings is 2. The van der Waals surface area contributed by atoms with Gasteiger partial charge in [0.2, 0.25) is 0 Å². The maximum Gasteiger partial charge on any atom is 0.344 e. The van der Waals surface area contributed by atoms with Crippen LogP contribution >= 0.6 is 11.6 Å². The number of para-hydroxylation sites is 1. The van der Waals surface area contributed by atoms with Crippen LogP contribution in [-0.2, 0) is 14.3 Å². The Labute approximate surface area is 171 Å². The number of anilines is 1. The van der Waals surface area contributed by atoms with E-state index in [0.717, 1.165) is 16.8 Å². The molecule has 0 bridgehead atoms. The third-order valence-corrected chi connectivity index (χ3v) is 4.39. The van der Waals surface area contributed by atoms with Gasteiger partial charge in [-0.3, -0.25) is 4.79 Å². The van der Waals surface area contributed by atoms with E-state index < -0.39 is 5.97 Å². The van der Waals surface area contributed by atoms with E-state index in [4.69, 9.17) is 21.1 Å². The Morgan fingerprint density at radius 1 is 0.964 bits per heavy atom. The fraction of sp³-hybridized carbons (Fsp3) is 0.364. The quantitative estimate of drug-likeness (QED) is 0.619. The first kappa shape index (κ1) is 21.8. The number of nitrogens with one attached hydrogen (secondary N) is 1. The van der Waals surface area contributed by atoms with Gasteiger partial charge >= 0.3 is 5.97 Å². The van der Waals surface area contributed by atoms with Crippen molar-refractivity contribution < 1.29 is 19.1 Å². The Morgan fingerprint density at radius 3 is 2.14 bits per heavy atom. The SMILES string of the molecule is CC(C)c1cccc(C(C)C)c1NC(=O)COC(=O)COc1cccc(Cl)c1. The van der Waals surface area contributed by atoms with Crippen molar-refractivity contribution >= 4 is 29.2 Å². The van der Waals surface area contributed by atoms with Gasteiger partial charge in [-0.05, 0) is 41.2 Å². The van der Waals surface area contributed by atoms with Crippen molar-refractivity contribution in [3.8, 4) is 5.75 Å². The van der Waals surface area contributed by atoms with E-state index >= 15 is 0 Å². The highest BCUT2D eigenvalue weighted by molar-refractivity contribution is 6.30. The Bertz CT molecular complexity index is 807. The van der Waals surface area contributed by atoms with Gasteiger partial charge in [-0.1, -0.05) is 63.6 Å². The van der Waals surface area contributed by atoms with Gasteiger partial charge in [0.15, 0.2) is 13.2 Å². The summed E-state index contributed by atoms with van der Waals surface area (Å²) in [7, 11) is 0. The predicted octanol–water partition coefficient (Wildman–Crippen LogP) is 5.15. The average Bonchev–Trinajstić information content (AvgIpc) is 2.64. The van der Waals surface area contributed by atoms with Crippen LogP contribution in [0.4, 0.5) is 5.69 Å². The molecule has 0 spiro atoms. The van der Waals surface area contributed by atoms with Gasteiger partial charge in [0.05, 0.1) is 0 Å². The van der Waals surface area contributed by atoms with Gasteiger partial charge in [0.25, 0.3) is 5.91 Å². The standard InChI is InChI=1S/C22H26ClNO4/c1-14(2)18-9-6-10-19(15(3)4)22(18)24-20(25)12-28-21(26)13-27-17-8-5-7-16(23)11-17/h5-11,14-15H,12-13H2,1-4H3,(H,24,25). The maximum atomic E-state index is 12.3. The molecule has 0 fully saturated rings. The van der Waals surface area contributed by atoms with Crippen LogP contribution in [0.5, 0.6) is 5.75 Å². The third kappa shape index (κ3) is 6.27. The summed E-state index contributed by atoms with van der Waals surface area (Å²) in [5, 5.41) is 3.41. The zero-order valence-corrected chi connectivity index (χ0v) is 17.4. The Kier molecular flexibility index (Phi) is 7.88. The van der Waals surface area contributed by atoms with Gasteiger partial charge in [-0.25, -0.2) is 4.79 Å². The van der Waals surface area contributed by atoms with Gasteiger partial charge < -0.3 is 14.8 Å². The van der Waals surface area contributed by atoms with Crippen molar-refractivity contribution in [2.45, 2.75) is 39.5 Å². The topological polar surface area (TPSA) is 64.6 Å². The molecule has 1 N–H and O–H groups in total. The smallest absolute Gasteiger partial charge is 0.344 e. The predicted molar refractivity (Wildman–Crippen MR) is 111 cm³/mol. The molecule has 0 unspecified atom stereocenters. The lowest BCUT2D eigenvalue weighted by atomic mass is 9.92. The van der Waals surface area contributed by atoms with Crippen molar-refractivity contribution in [3.05, 3.63) is 58.6 Å². The molecule has 2 aromatic rings. The fourth-order valence-electron chi connectivity index (χ4n) is 2.76. The van der Waals surface area contributed by atoms with Crippen molar-refractivity contribution in [1.82, 2.24) is 0 Å². The Hall–Kier alpha value is -2.53. The molecule has 6 heteroatoms. The first-order valence-corrected chi connectivity index (χ1v) is 9.62. The summed E-state index contributed by atoms with van der Waals surface area (Å²) >= 11 is 5.86. The molecule has 0 atom stereocenters. The van der Waals surface area contributed by atoms with Gasteiger partial charge in [-0.15, -0.1) is 0 Å². The van der Waals surface area contributed by atoms with Crippen LogP contribution in [0.1, 0.15) is 50.7 Å². The van der Waals surface area contributed by atoms with Crippen molar-refractivity contribution in [2.24, 2.45) is 0 Å². The highest BCUT2D eigenvalue weighted by Gasteiger charge is 2.17. The molecule has 0 radical (unpaired) electrons. The molecule has 1 amide bonds. The third-order valence-electron chi connectivity index (χ3n) is 4.15. The molecule has 5 nitrogen and oxygen atoms in total. The summed E-state index contributed by atoms with van der Waals surface area (Å²) in [4.78, 5) is 24.2. The molecule has 0 aliphatic rings. The Balaban J connectivity index is 1.92. The molecule has 0 heterocycles. The first-order valence-electron chi connectivity index (χ1n) is 9.24. The molecule has 0 saturated heterocycles. The fourth-order valence-corrected chi connectivity index (χ4v) is 2.94. The largest absolute Gasteiger partial charge is 0.482 e. The van der Waals surface area contributed by atoms with Crippen molar-refractivity contribution in [2.75, 3.05) is 18.5 Å². The van der Waals surface area contributed by atoms with E-state index in [1.165, 1.54) is 0 Å². The highest BCUT2D eigenvalue weighted by Crippen LogP contribution is 2.32. The summed E-state index contributed by atoms with van der Waals surface area (Å²) in [6.45, 7) is 7.62. The minimum absolute atomic E-state index is 0.252. The van der Waals surface area contributed by atoms with Crippen LogP contribution in [-0.4, -0.2) is 25.1 Å². The molecular weight excluding hydrogens is 378 g/mol. The molecule has 150 valence electrons. The molecular formula is C22H26ClNO4. The lowest BCUT2D eigenvalue weighted by Gasteiger charge is -2.20. The number of carbonyl (C=O) groups is 2. The summed E-state index contributed by atoms with van der Waals surface area (Å²) in [6, 6.07) is 12.7. The number of hydrogen-bond donors (Lipinski definition) is 1. The normalized spacial score (nSPS) is 10.8. The van der Waals surface area contributed by atoms with Crippen LogP contribution in [0.3, 0.4) is 0 Å². The van der Waals surface area contributed by atoms with Crippen LogP contribution in [0.15, 0.2) is 42.5 Å². The minimum Gasteiger partial charge on any atom is -0.482 e. The highest BCUT2D eigenvalue weighted by atomic mass is 35.5. The average molecular weight is 404 g/mol. The molecule has 28 heavy (non-hydrogen) atoms. The molecule has 0 saturated carbocycles. The summed E-state index contributed by atoms with van der Waals surface area (Å²) < 4.78 is 10.3. The number of halogens is 1. The molecule has 2 rings (SSSR count).